The Hall–Kier alpha value is 1.75. The van der Waals surface area contributed by atoms with Gasteiger partial charge in [0.1, 0.15) is 33.0 Å². The van der Waals surface area contributed by atoms with Crippen LogP contribution in [0.3, 0.4) is 0 Å². The third-order valence-electron chi connectivity index (χ3n) is 5.26. The minimum Gasteiger partial charge on any atom is -0.460 e. The lowest BCUT2D eigenvalue weighted by Gasteiger charge is -2.24. The summed E-state index contributed by atoms with van der Waals surface area (Å²) in [6.45, 7) is -0.911. The molecule has 44 heavy (non-hydrogen) atoms. The number of phosphoric ester groups is 1. The molecule has 246 valence electrons. The summed E-state index contributed by atoms with van der Waals surface area (Å²) in [5, 5.41) is 0. The maximum absolute atomic E-state index is 12.6. The van der Waals surface area contributed by atoms with E-state index in [0.29, 0.717) is 11.0 Å². The van der Waals surface area contributed by atoms with Crippen LogP contribution in [0.4, 0.5) is 0 Å². The number of quaternary nitrogens is 1. The molecule has 0 aliphatic carbocycles. The topological polar surface area (TPSA) is 127 Å². The number of likely N-dealkylation sites (N-methyl/N-ethyl adjacent to an activating group) is 1. The summed E-state index contributed by atoms with van der Waals surface area (Å²) in [5.41, 5.74) is 1.86. The van der Waals surface area contributed by atoms with Crippen LogP contribution in [-0.2, 0) is 55.4 Å². The Balaban J connectivity index is 1.94. The molecule has 0 aromatic heterocycles. The maximum atomic E-state index is 12.6. The van der Waals surface area contributed by atoms with E-state index in [1.165, 1.54) is 0 Å². The second-order valence-corrected chi connectivity index (χ2v) is 18.5. The van der Waals surface area contributed by atoms with Crippen molar-refractivity contribution in [2.75, 3.05) is 60.7 Å². The average Bonchev–Trinajstić information content (AvgIpc) is 2.90. The number of hydrogen-bond acceptors (Lipinski definition) is 9. The van der Waals surface area contributed by atoms with E-state index in [9.17, 15) is 19.0 Å². The fraction of sp³-hybridized carbons (Fsp3) is 0.462. The number of esters is 2. The molecule has 0 saturated carbocycles. The van der Waals surface area contributed by atoms with E-state index in [1.54, 1.807) is 0 Å². The SMILES string of the molecule is C[N+](C)(C)CCOP(=O)(O)OC[C@@H](COC(=O)COCc1cc(I)cc(I)c1I)OC(=O)COCc1cc(I)cc(I)c1I. The van der Waals surface area contributed by atoms with Crippen molar-refractivity contribution in [2.24, 2.45) is 0 Å². The molecule has 2 aromatic rings. The Morgan fingerprint density at radius 1 is 0.795 bits per heavy atom. The normalized spacial score (nSPS) is 13.8. The molecule has 0 saturated heterocycles. The number of benzene rings is 2. The van der Waals surface area contributed by atoms with Gasteiger partial charge in [-0.1, -0.05) is 0 Å². The first-order valence-electron chi connectivity index (χ1n) is 12.7. The number of nitrogens with zero attached hydrogens (tertiary/aromatic N) is 1. The van der Waals surface area contributed by atoms with Crippen molar-refractivity contribution in [3.8, 4) is 0 Å². The molecule has 0 heterocycles. The van der Waals surface area contributed by atoms with Crippen molar-refractivity contribution >= 4 is 155 Å². The van der Waals surface area contributed by atoms with Crippen molar-refractivity contribution in [1.82, 2.24) is 0 Å². The van der Waals surface area contributed by atoms with Gasteiger partial charge in [0, 0.05) is 21.4 Å². The van der Waals surface area contributed by atoms with Gasteiger partial charge < -0.3 is 28.3 Å². The summed E-state index contributed by atoms with van der Waals surface area (Å²) in [7, 11) is 1.26. The van der Waals surface area contributed by atoms with Crippen LogP contribution in [0.1, 0.15) is 11.1 Å². The summed E-state index contributed by atoms with van der Waals surface area (Å²) in [4.78, 5) is 35.1. The van der Waals surface area contributed by atoms with Crippen molar-refractivity contribution in [1.29, 1.82) is 0 Å². The number of halogens is 6. The van der Waals surface area contributed by atoms with Crippen molar-refractivity contribution in [3.05, 3.63) is 56.8 Å². The van der Waals surface area contributed by atoms with E-state index in [1.807, 2.05) is 45.4 Å². The number of carbonyl (C=O) groups is 2. The van der Waals surface area contributed by atoms with Gasteiger partial charge in [-0.15, -0.1) is 0 Å². The zero-order valence-corrected chi connectivity index (χ0v) is 37.7. The average molecular weight is 1310 g/mol. The molecule has 0 aliphatic heterocycles. The number of carbonyl (C=O) groups excluding carboxylic acids is 2. The van der Waals surface area contributed by atoms with Gasteiger partial charge >= 0.3 is 19.8 Å². The number of hydrogen-bond donors (Lipinski definition) is 1. The van der Waals surface area contributed by atoms with E-state index in [2.05, 4.69) is 136 Å². The molecule has 1 unspecified atom stereocenters. The predicted octanol–water partition coefficient (Wildman–Crippen LogP) is 6.34. The molecule has 0 aliphatic rings. The fourth-order valence-electron chi connectivity index (χ4n) is 3.13. The van der Waals surface area contributed by atoms with Gasteiger partial charge in [-0.05, 0) is 171 Å². The van der Waals surface area contributed by atoms with Gasteiger partial charge in [0.25, 0.3) is 0 Å². The highest BCUT2D eigenvalue weighted by Crippen LogP contribution is 2.43. The predicted molar refractivity (Wildman–Crippen MR) is 214 cm³/mol. The Bertz CT molecular complexity index is 1340. The molecule has 11 nitrogen and oxygen atoms in total. The number of rotatable bonds is 18. The van der Waals surface area contributed by atoms with E-state index >= 15 is 0 Å². The number of ether oxygens (including phenoxy) is 4. The largest absolute Gasteiger partial charge is 0.472 e. The highest BCUT2D eigenvalue weighted by molar-refractivity contribution is 14.1. The lowest BCUT2D eigenvalue weighted by atomic mass is 10.2. The van der Waals surface area contributed by atoms with Crippen LogP contribution in [0.25, 0.3) is 0 Å². The molecule has 0 bridgehead atoms. The van der Waals surface area contributed by atoms with Crippen LogP contribution in [0.15, 0.2) is 24.3 Å². The first-order valence-corrected chi connectivity index (χ1v) is 20.6. The third-order valence-corrected chi connectivity index (χ3v) is 13.8. The van der Waals surface area contributed by atoms with Crippen molar-refractivity contribution < 1.29 is 51.5 Å². The second-order valence-electron chi connectivity index (χ2n) is 10.1. The number of phosphoric acid groups is 1. The Morgan fingerprint density at radius 2 is 1.30 bits per heavy atom. The molecule has 0 spiro atoms. The summed E-state index contributed by atoms with van der Waals surface area (Å²) in [6, 6.07) is 8.01. The summed E-state index contributed by atoms with van der Waals surface area (Å²) in [5.74, 6) is -1.46. The molecule has 0 radical (unpaired) electrons. The summed E-state index contributed by atoms with van der Waals surface area (Å²) in [6.07, 6.45) is -1.20. The Kier molecular flexibility index (Phi) is 19.5. The van der Waals surface area contributed by atoms with Gasteiger partial charge in [-0.2, -0.15) is 0 Å². The van der Waals surface area contributed by atoms with E-state index in [4.69, 9.17) is 28.0 Å². The monoisotopic (exact) mass is 1310 g/mol. The van der Waals surface area contributed by atoms with Crippen molar-refractivity contribution in [2.45, 2.75) is 19.3 Å². The quantitative estimate of drug-likeness (QED) is 0.0595. The first kappa shape index (κ1) is 41.9. The molecule has 2 aromatic carbocycles. The van der Waals surface area contributed by atoms with Crippen LogP contribution >= 0.6 is 143 Å². The van der Waals surface area contributed by atoms with Crippen LogP contribution in [0.5, 0.6) is 0 Å². The van der Waals surface area contributed by atoms with Gasteiger partial charge in [-0.25, -0.2) is 14.2 Å². The van der Waals surface area contributed by atoms with Gasteiger partial charge in [0.2, 0.25) is 0 Å². The molecule has 1 N–H and O–H groups in total. The third kappa shape index (κ3) is 16.9. The minimum absolute atomic E-state index is 0.0312. The summed E-state index contributed by atoms with van der Waals surface area (Å²) >= 11 is 13.3. The summed E-state index contributed by atoms with van der Waals surface area (Å²) < 4.78 is 51.0. The smallest absolute Gasteiger partial charge is 0.460 e. The fourth-order valence-corrected chi connectivity index (χ4v) is 8.73. The molecular formula is C26H31I6NO10P+. The molecule has 18 heteroatoms. The highest BCUT2D eigenvalue weighted by Gasteiger charge is 2.27. The minimum atomic E-state index is -4.47. The van der Waals surface area contributed by atoms with E-state index in [-0.39, 0.29) is 26.4 Å². The molecule has 0 fully saturated rings. The van der Waals surface area contributed by atoms with Crippen LogP contribution in [0, 0.1) is 21.4 Å². The highest BCUT2D eigenvalue weighted by atomic mass is 127. The first-order chi connectivity index (χ1) is 20.5. The molecule has 2 rings (SSSR count). The van der Waals surface area contributed by atoms with E-state index < -0.39 is 45.7 Å². The second kappa shape index (κ2) is 20.4. The van der Waals surface area contributed by atoms with Crippen LogP contribution in [-0.4, -0.2) is 88.1 Å². The van der Waals surface area contributed by atoms with Gasteiger partial charge in [-0.3, -0.25) is 9.05 Å². The lowest BCUT2D eigenvalue weighted by Crippen LogP contribution is -2.37. The maximum Gasteiger partial charge on any atom is 0.472 e. The zero-order valence-electron chi connectivity index (χ0n) is 23.8. The standard InChI is InChI=1S/C26H30I6NO10P/c1-33(2,3)4-5-41-44(36,37)42-13-20(43-24(35)15-39-11-17-7-19(28)9-22(30)26(17)32)12-40-23(34)14-38-10-16-6-18(27)8-21(29)25(16)31/h6-9,20H,4-5,10-15H2,1-3H3/p+1/t20-/m1/s1. The molecule has 2 atom stereocenters. The lowest BCUT2D eigenvalue weighted by molar-refractivity contribution is -0.870. The van der Waals surface area contributed by atoms with Crippen molar-refractivity contribution in [3.63, 3.8) is 0 Å². The Labute approximate surface area is 338 Å². The van der Waals surface area contributed by atoms with Crippen LogP contribution < -0.4 is 0 Å². The zero-order chi connectivity index (χ0) is 33.1. The van der Waals surface area contributed by atoms with E-state index in [0.717, 1.165) is 32.5 Å². The van der Waals surface area contributed by atoms with Crippen LogP contribution in [0.2, 0.25) is 0 Å². The molecular weight excluding hydrogens is 1280 g/mol. The van der Waals surface area contributed by atoms with Gasteiger partial charge in [0.15, 0.2) is 6.10 Å². The Morgan fingerprint density at radius 3 is 1.80 bits per heavy atom. The van der Waals surface area contributed by atoms with Gasteiger partial charge in [0.05, 0.1) is 41.0 Å². The molecule has 0 amide bonds.